The third kappa shape index (κ3) is 5.17. The number of aromatic nitrogens is 2. The third-order valence-corrected chi connectivity index (χ3v) is 3.81. The normalized spacial score (nSPS) is 22.7. The summed E-state index contributed by atoms with van der Waals surface area (Å²) in [7, 11) is 2.09. The van der Waals surface area contributed by atoms with Crippen molar-refractivity contribution in [3.63, 3.8) is 0 Å². The van der Waals surface area contributed by atoms with Crippen molar-refractivity contribution in [2.45, 2.75) is 39.0 Å². The Morgan fingerprint density at radius 1 is 1.43 bits per heavy atom. The molecule has 1 aromatic heterocycles. The lowest BCUT2D eigenvalue weighted by Gasteiger charge is -2.27. The molecule has 2 atom stereocenters. The third-order valence-electron chi connectivity index (χ3n) is 3.81. The van der Waals surface area contributed by atoms with Gasteiger partial charge in [0.2, 0.25) is 0 Å². The van der Waals surface area contributed by atoms with Gasteiger partial charge < -0.3 is 4.90 Å². The molecule has 0 unspecified atom stereocenters. The van der Waals surface area contributed by atoms with E-state index in [0.29, 0.717) is 13.0 Å². The molecule has 2 rings (SSSR count). The van der Waals surface area contributed by atoms with Crippen molar-refractivity contribution in [2.24, 2.45) is 0 Å². The second kappa shape index (κ2) is 7.61. The zero-order valence-corrected chi connectivity index (χ0v) is 13.2. The number of likely N-dealkylation sites (tertiary alicyclic amines) is 1. The highest BCUT2D eigenvalue weighted by atomic mass is 19.1. The molecule has 1 saturated heterocycles. The van der Waals surface area contributed by atoms with Crippen LogP contribution in [-0.2, 0) is 6.54 Å². The number of hydrogen-bond donors (Lipinski definition) is 0. The maximum absolute atomic E-state index is 13.8. The smallest absolute Gasteiger partial charge is 0.115 e. The molecule has 4 nitrogen and oxygen atoms in total. The van der Waals surface area contributed by atoms with E-state index in [1.807, 2.05) is 12.4 Å². The standard InChI is InChI=1S/C16H25FN4/c1-13(2)4-5-20(3)11-16-6-15(17)10-21(16)9-14-7-18-12-19-8-14/h4,7-8,12,15-16H,5-6,9-11H2,1-3H3/t15-,16-/m0/s1. The van der Waals surface area contributed by atoms with Gasteiger partial charge >= 0.3 is 0 Å². The predicted octanol–water partition coefficient (Wildman–Crippen LogP) is 2.29. The van der Waals surface area contributed by atoms with Crippen LogP contribution in [0.15, 0.2) is 30.4 Å². The van der Waals surface area contributed by atoms with E-state index < -0.39 is 6.17 Å². The minimum Gasteiger partial charge on any atom is -0.301 e. The van der Waals surface area contributed by atoms with E-state index >= 15 is 0 Å². The zero-order chi connectivity index (χ0) is 15.2. The molecule has 1 aliphatic heterocycles. The molecule has 0 bridgehead atoms. The molecular formula is C16H25FN4. The first kappa shape index (κ1) is 16.0. The Labute approximate surface area is 126 Å². The molecule has 0 amide bonds. The van der Waals surface area contributed by atoms with E-state index in [1.165, 1.54) is 11.9 Å². The van der Waals surface area contributed by atoms with Gasteiger partial charge in [-0.2, -0.15) is 0 Å². The fourth-order valence-electron chi connectivity index (χ4n) is 2.72. The molecule has 1 aromatic rings. The highest BCUT2D eigenvalue weighted by molar-refractivity contribution is 5.04. The van der Waals surface area contributed by atoms with Gasteiger partial charge in [0.1, 0.15) is 12.5 Å². The molecule has 0 radical (unpaired) electrons. The van der Waals surface area contributed by atoms with Gasteiger partial charge in [0.05, 0.1) is 0 Å². The number of nitrogens with zero attached hydrogens (tertiary/aromatic N) is 4. The first-order valence-electron chi connectivity index (χ1n) is 7.48. The van der Waals surface area contributed by atoms with E-state index in [-0.39, 0.29) is 6.04 Å². The van der Waals surface area contributed by atoms with Crippen LogP contribution in [0.4, 0.5) is 4.39 Å². The second-order valence-corrected chi connectivity index (χ2v) is 6.17. The van der Waals surface area contributed by atoms with Crippen molar-refractivity contribution in [1.82, 2.24) is 19.8 Å². The topological polar surface area (TPSA) is 32.3 Å². The summed E-state index contributed by atoms with van der Waals surface area (Å²) >= 11 is 0. The van der Waals surface area contributed by atoms with Crippen molar-refractivity contribution in [3.05, 3.63) is 35.9 Å². The van der Waals surface area contributed by atoms with Crippen LogP contribution in [0, 0.1) is 0 Å². The van der Waals surface area contributed by atoms with Crippen molar-refractivity contribution in [1.29, 1.82) is 0 Å². The SMILES string of the molecule is CC(C)=CCN(C)C[C@@H]1C[C@H](F)CN1Cc1cncnc1. The van der Waals surface area contributed by atoms with Crippen LogP contribution in [0.5, 0.6) is 0 Å². The Morgan fingerprint density at radius 2 is 2.14 bits per heavy atom. The molecule has 116 valence electrons. The van der Waals surface area contributed by atoms with Crippen LogP contribution in [-0.4, -0.2) is 58.7 Å². The van der Waals surface area contributed by atoms with Crippen LogP contribution in [0.3, 0.4) is 0 Å². The maximum Gasteiger partial charge on any atom is 0.115 e. The van der Waals surface area contributed by atoms with Gasteiger partial charge in [0.15, 0.2) is 0 Å². The van der Waals surface area contributed by atoms with Gasteiger partial charge in [0.25, 0.3) is 0 Å². The average Bonchev–Trinajstić information content (AvgIpc) is 2.77. The second-order valence-electron chi connectivity index (χ2n) is 6.17. The number of rotatable bonds is 6. The van der Waals surface area contributed by atoms with Gasteiger partial charge in [-0.1, -0.05) is 11.6 Å². The summed E-state index contributed by atoms with van der Waals surface area (Å²) < 4.78 is 13.8. The quantitative estimate of drug-likeness (QED) is 0.753. The fourth-order valence-corrected chi connectivity index (χ4v) is 2.72. The van der Waals surface area contributed by atoms with Gasteiger partial charge in [-0.25, -0.2) is 14.4 Å². The molecule has 0 saturated carbocycles. The van der Waals surface area contributed by atoms with Crippen LogP contribution in [0.1, 0.15) is 25.8 Å². The fraction of sp³-hybridized carbons (Fsp3) is 0.625. The van der Waals surface area contributed by atoms with E-state index in [1.54, 1.807) is 0 Å². The van der Waals surface area contributed by atoms with E-state index in [9.17, 15) is 4.39 Å². The highest BCUT2D eigenvalue weighted by Gasteiger charge is 2.32. The number of allylic oxidation sites excluding steroid dienone is 1. The van der Waals surface area contributed by atoms with Gasteiger partial charge in [-0.15, -0.1) is 0 Å². The Hall–Kier alpha value is -1.33. The van der Waals surface area contributed by atoms with Gasteiger partial charge in [-0.3, -0.25) is 4.90 Å². The summed E-state index contributed by atoms with van der Waals surface area (Å²) in [6.45, 7) is 7.24. The molecule has 0 aliphatic carbocycles. The Morgan fingerprint density at radius 3 is 2.81 bits per heavy atom. The average molecular weight is 292 g/mol. The molecule has 0 N–H and O–H groups in total. The minimum atomic E-state index is -0.725. The molecule has 0 spiro atoms. The summed E-state index contributed by atoms with van der Waals surface area (Å²) in [5.74, 6) is 0. The summed E-state index contributed by atoms with van der Waals surface area (Å²) in [4.78, 5) is 12.5. The lowest BCUT2D eigenvalue weighted by Crippen LogP contribution is -2.38. The van der Waals surface area contributed by atoms with Crippen molar-refractivity contribution < 1.29 is 4.39 Å². The van der Waals surface area contributed by atoms with E-state index in [4.69, 9.17) is 0 Å². The number of likely N-dealkylation sites (N-methyl/N-ethyl adjacent to an activating group) is 1. The Kier molecular flexibility index (Phi) is 5.82. The summed E-state index contributed by atoms with van der Waals surface area (Å²) in [6, 6.07) is 0.260. The van der Waals surface area contributed by atoms with Crippen molar-refractivity contribution >= 4 is 0 Å². The van der Waals surface area contributed by atoms with E-state index in [0.717, 1.165) is 25.2 Å². The van der Waals surface area contributed by atoms with Crippen LogP contribution < -0.4 is 0 Å². The number of hydrogen-bond acceptors (Lipinski definition) is 4. The predicted molar refractivity (Wildman–Crippen MR) is 82.7 cm³/mol. The molecule has 5 heteroatoms. The molecule has 2 heterocycles. The zero-order valence-electron chi connectivity index (χ0n) is 13.2. The van der Waals surface area contributed by atoms with Crippen LogP contribution >= 0.6 is 0 Å². The molecule has 1 fully saturated rings. The lowest BCUT2D eigenvalue weighted by atomic mass is 10.2. The maximum atomic E-state index is 13.8. The van der Waals surface area contributed by atoms with Crippen molar-refractivity contribution in [2.75, 3.05) is 26.7 Å². The highest BCUT2D eigenvalue weighted by Crippen LogP contribution is 2.23. The summed E-state index contributed by atoms with van der Waals surface area (Å²) in [6.07, 6.45) is 7.24. The van der Waals surface area contributed by atoms with Crippen LogP contribution in [0.25, 0.3) is 0 Å². The van der Waals surface area contributed by atoms with Crippen molar-refractivity contribution in [3.8, 4) is 0 Å². The Balaban J connectivity index is 1.92. The molecule has 1 aliphatic rings. The minimum absolute atomic E-state index is 0.260. The number of halogens is 1. The van der Waals surface area contributed by atoms with Gasteiger partial charge in [0, 0.05) is 50.2 Å². The monoisotopic (exact) mass is 292 g/mol. The summed E-state index contributed by atoms with van der Waals surface area (Å²) in [5, 5.41) is 0. The largest absolute Gasteiger partial charge is 0.301 e. The lowest BCUT2D eigenvalue weighted by molar-refractivity contribution is 0.190. The molecule has 21 heavy (non-hydrogen) atoms. The molecular weight excluding hydrogens is 267 g/mol. The van der Waals surface area contributed by atoms with Gasteiger partial charge in [-0.05, 0) is 27.3 Å². The first-order valence-corrected chi connectivity index (χ1v) is 7.48. The molecule has 0 aromatic carbocycles. The van der Waals surface area contributed by atoms with Crippen LogP contribution in [0.2, 0.25) is 0 Å². The number of alkyl halides is 1. The first-order chi connectivity index (χ1) is 10.0. The summed E-state index contributed by atoms with van der Waals surface area (Å²) in [5.41, 5.74) is 2.36. The van der Waals surface area contributed by atoms with E-state index in [2.05, 4.69) is 46.7 Å². The Bertz CT molecular complexity index is 459.